The molecule has 4 aromatic rings. The molecule has 0 unspecified atom stereocenters. The number of aromatic nitrogens is 1. The summed E-state index contributed by atoms with van der Waals surface area (Å²) in [6.45, 7) is 4.07. The number of benzene rings is 2. The number of aryl methyl sites for hydroxylation is 1. The minimum atomic E-state index is -0.246. The highest BCUT2D eigenvalue weighted by Crippen LogP contribution is 2.26. The number of hydrogen-bond donors (Lipinski definition) is 1. The van der Waals surface area contributed by atoms with Crippen LogP contribution in [0.4, 0.5) is 0 Å². The largest absolute Gasteiger partial charge is 0.272 e. The number of pyridine rings is 1. The predicted molar refractivity (Wildman–Crippen MR) is 128 cm³/mol. The fourth-order valence-electron chi connectivity index (χ4n) is 3.27. The minimum absolute atomic E-state index is 0.246. The summed E-state index contributed by atoms with van der Waals surface area (Å²) in [4.78, 5) is 18.9. The first-order valence-electron chi connectivity index (χ1n) is 9.64. The van der Waals surface area contributed by atoms with Crippen molar-refractivity contribution in [3.8, 4) is 11.3 Å². The highest BCUT2D eigenvalue weighted by molar-refractivity contribution is 9.11. The van der Waals surface area contributed by atoms with E-state index in [0.29, 0.717) is 5.56 Å². The Morgan fingerprint density at radius 3 is 2.67 bits per heavy atom. The van der Waals surface area contributed by atoms with Crippen LogP contribution in [0.15, 0.2) is 75.6 Å². The first kappa shape index (κ1) is 20.4. The molecule has 1 amide bonds. The Kier molecular flexibility index (Phi) is 6.06. The van der Waals surface area contributed by atoms with E-state index in [4.69, 9.17) is 4.98 Å². The van der Waals surface area contributed by atoms with Gasteiger partial charge in [-0.2, -0.15) is 5.10 Å². The van der Waals surface area contributed by atoms with Gasteiger partial charge < -0.3 is 0 Å². The molecule has 1 N–H and O–H groups in total. The van der Waals surface area contributed by atoms with E-state index in [0.717, 1.165) is 48.5 Å². The number of nitrogens with one attached hydrogen (secondary N) is 1. The Bertz CT molecular complexity index is 1260. The van der Waals surface area contributed by atoms with E-state index < -0.39 is 0 Å². The molecule has 2 aromatic carbocycles. The topological polar surface area (TPSA) is 54.4 Å². The van der Waals surface area contributed by atoms with E-state index in [2.05, 4.69) is 32.5 Å². The lowest BCUT2D eigenvalue weighted by Gasteiger charge is -2.10. The van der Waals surface area contributed by atoms with Crippen molar-refractivity contribution >= 4 is 49.8 Å². The van der Waals surface area contributed by atoms with Crippen LogP contribution in [0.3, 0.4) is 0 Å². The third kappa shape index (κ3) is 4.35. The van der Waals surface area contributed by atoms with Crippen molar-refractivity contribution in [1.82, 2.24) is 10.4 Å². The molecular formula is C24H20BrN3OS. The molecule has 0 aliphatic rings. The maximum atomic E-state index is 13.1. The van der Waals surface area contributed by atoms with Crippen molar-refractivity contribution in [1.29, 1.82) is 0 Å². The van der Waals surface area contributed by atoms with Gasteiger partial charge >= 0.3 is 0 Å². The number of hydrogen-bond acceptors (Lipinski definition) is 4. The molecule has 0 saturated heterocycles. The summed E-state index contributed by atoms with van der Waals surface area (Å²) in [5, 5.41) is 5.22. The average molecular weight is 478 g/mol. The second-order valence-electron chi connectivity index (χ2n) is 6.90. The molecule has 2 aromatic heterocycles. The van der Waals surface area contributed by atoms with Gasteiger partial charge in [-0.1, -0.05) is 48.9 Å². The van der Waals surface area contributed by atoms with Crippen LogP contribution in [0.1, 0.15) is 34.1 Å². The van der Waals surface area contributed by atoms with E-state index in [1.807, 2.05) is 74.5 Å². The molecule has 6 heteroatoms. The van der Waals surface area contributed by atoms with Crippen LogP contribution in [0.25, 0.3) is 22.2 Å². The summed E-state index contributed by atoms with van der Waals surface area (Å²) < 4.78 is 1.04. The monoisotopic (exact) mass is 477 g/mol. The van der Waals surface area contributed by atoms with Gasteiger partial charge in [-0.05, 0) is 59.6 Å². The van der Waals surface area contributed by atoms with Crippen LogP contribution in [0.5, 0.6) is 0 Å². The summed E-state index contributed by atoms with van der Waals surface area (Å²) in [5.74, 6) is -0.246. The third-order valence-corrected chi connectivity index (χ3v) is 6.43. The molecule has 0 saturated carbocycles. The number of thiophene rings is 1. The van der Waals surface area contributed by atoms with Crippen molar-refractivity contribution in [2.75, 3.05) is 0 Å². The normalized spacial score (nSPS) is 11.6. The summed E-state index contributed by atoms with van der Waals surface area (Å²) >= 11 is 5.07. The van der Waals surface area contributed by atoms with Crippen molar-refractivity contribution in [3.05, 3.63) is 86.5 Å². The van der Waals surface area contributed by atoms with Gasteiger partial charge in [0.15, 0.2) is 0 Å². The van der Waals surface area contributed by atoms with Crippen molar-refractivity contribution < 1.29 is 4.79 Å². The fourth-order valence-corrected chi connectivity index (χ4v) is 4.72. The van der Waals surface area contributed by atoms with Gasteiger partial charge in [0, 0.05) is 10.9 Å². The number of halogens is 1. The Balaban J connectivity index is 1.73. The van der Waals surface area contributed by atoms with E-state index >= 15 is 0 Å². The quantitative estimate of drug-likeness (QED) is 0.260. The lowest BCUT2D eigenvalue weighted by molar-refractivity contribution is 0.0956. The average Bonchev–Trinajstić information content (AvgIpc) is 3.19. The van der Waals surface area contributed by atoms with Crippen molar-refractivity contribution in [2.24, 2.45) is 5.10 Å². The highest BCUT2D eigenvalue weighted by atomic mass is 79.9. The van der Waals surface area contributed by atoms with Crippen LogP contribution < -0.4 is 5.43 Å². The standard InChI is InChI=1S/C24H20BrN3OS/c1-3-19(22-11-12-23(25)30-22)27-28-24(29)18-14-21(16-8-6-7-15(2)13-16)26-20-10-5-4-9-17(18)20/h4-14H,3H2,1-2H3,(H,28,29)/b27-19-. The fraction of sp³-hybridized carbons (Fsp3) is 0.125. The Labute approximate surface area is 187 Å². The Morgan fingerprint density at radius 1 is 1.10 bits per heavy atom. The van der Waals surface area contributed by atoms with Gasteiger partial charge in [0.1, 0.15) is 0 Å². The van der Waals surface area contributed by atoms with Crippen LogP contribution in [0.2, 0.25) is 0 Å². The van der Waals surface area contributed by atoms with Crippen LogP contribution >= 0.6 is 27.3 Å². The van der Waals surface area contributed by atoms with E-state index in [9.17, 15) is 4.79 Å². The molecule has 0 bridgehead atoms. The summed E-state index contributed by atoms with van der Waals surface area (Å²) in [6, 6.07) is 21.6. The first-order valence-corrected chi connectivity index (χ1v) is 11.3. The van der Waals surface area contributed by atoms with Gasteiger partial charge in [-0.15, -0.1) is 11.3 Å². The van der Waals surface area contributed by atoms with Crippen LogP contribution in [-0.2, 0) is 0 Å². The molecule has 2 heterocycles. The smallest absolute Gasteiger partial charge is 0.267 e. The number of hydrazone groups is 1. The molecule has 0 radical (unpaired) electrons. The SMILES string of the molecule is CC/C(=N/NC(=O)c1cc(-c2cccc(C)c2)nc2ccccc12)c1ccc(Br)s1. The van der Waals surface area contributed by atoms with Gasteiger partial charge in [0.25, 0.3) is 5.91 Å². The molecule has 30 heavy (non-hydrogen) atoms. The predicted octanol–water partition coefficient (Wildman–Crippen LogP) is 6.58. The number of carbonyl (C=O) groups excluding carboxylic acids is 1. The van der Waals surface area contributed by atoms with Gasteiger partial charge in [-0.3, -0.25) is 4.79 Å². The maximum absolute atomic E-state index is 13.1. The minimum Gasteiger partial charge on any atom is -0.267 e. The lowest BCUT2D eigenvalue weighted by atomic mass is 10.0. The number of rotatable bonds is 5. The lowest BCUT2D eigenvalue weighted by Crippen LogP contribution is -2.20. The third-order valence-electron chi connectivity index (χ3n) is 4.76. The van der Waals surface area contributed by atoms with E-state index in [1.165, 1.54) is 0 Å². The van der Waals surface area contributed by atoms with Gasteiger partial charge in [-0.25, -0.2) is 10.4 Å². The molecule has 0 spiro atoms. The van der Waals surface area contributed by atoms with Gasteiger partial charge in [0.05, 0.1) is 31.1 Å². The molecule has 4 nitrogen and oxygen atoms in total. The molecule has 0 aliphatic heterocycles. The van der Waals surface area contributed by atoms with Crippen molar-refractivity contribution in [3.63, 3.8) is 0 Å². The summed E-state index contributed by atoms with van der Waals surface area (Å²) in [5.41, 5.74) is 7.83. The molecule has 0 aliphatic carbocycles. The zero-order valence-electron chi connectivity index (χ0n) is 16.6. The van der Waals surface area contributed by atoms with Crippen molar-refractivity contribution in [2.45, 2.75) is 20.3 Å². The molecule has 4 rings (SSSR count). The second-order valence-corrected chi connectivity index (χ2v) is 9.36. The number of amides is 1. The van der Waals surface area contributed by atoms with Crippen LogP contribution in [0, 0.1) is 6.92 Å². The van der Waals surface area contributed by atoms with E-state index in [-0.39, 0.29) is 5.91 Å². The number of para-hydroxylation sites is 1. The highest BCUT2D eigenvalue weighted by Gasteiger charge is 2.14. The second kappa shape index (κ2) is 8.90. The molecule has 0 atom stereocenters. The molecule has 150 valence electrons. The molecule has 0 fully saturated rings. The molecular weight excluding hydrogens is 458 g/mol. The van der Waals surface area contributed by atoms with Crippen LogP contribution in [-0.4, -0.2) is 16.6 Å². The number of fused-ring (bicyclic) bond motifs is 1. The number of nitrogens with zero attached hydrogens (tertiary/aromatic N) is 2. The summed E-state index contributed by atoms with van der Waals surface area (Å²) in [6.07, 6.45) is 0.721. The van der Waals surface area contributed by atoms with Gasteiger partial charge in [0.2, 0.25) is 0 Å². The zero-order valence-corrected chi connectivity index (χ0v) is 19.0. The number of carbonyl (C=O) groups is 1. The first-order chi connectivity index (χ1) is 14.5. The summed E-state index contributed by atoms with van der Waals surface area (Å²) in [7, 11) is 0. The maximum Gasteiger partial charge on any atom is 0.272 e. The Hall–Kier alpha value is -2.83. The van der Waals surface area contributed by atoms with E-state index in [1.54, 1.807) is 11.3 Å². The zero-order chi connectivity index (χ0) is 21.1. The Morgan fingerprint density at radius 2 is 1.93 bits per heavy atom.